The fourth-order valence-corrected chi connectivity index (χ4v) is 9.65. The lowest BCUT2D eigenvalue weighted by Gasteiger charge is -2.46. The lowest BCUT2D eigenvalue weighted by atomic mass is 9.66. The van der Waals surface area contributed by atoms with Crippen LogP contribution in [0.3, 0.4) is 0 Å². The summed E-state index contributed by atoms with van der Waals surface area (Å²) in [6.07, 6.45) is 25.0. The van der Waals surface area contributed by atoms with Crippen LogP contribution in [0, 0.1) is 35.5 Å². The molecule has 3 fully saturated rings. The van der Waals surface area contributed by atoms with E-state index in [2.05, 4.69) is 97.0 Å². The topological polar surface area (TPSA) is 27.1 Å². The molecule has 3 nitrogen and oxygen atoms in total. The van der Waals surface area contributed by atoms with Crippen molar-refractivity contribution in [2.75, 3.05) is 11.9 Å². The van der Waals surface area contributed by atoms with Crippen LogP contribution in [0.4, 0.5) is 5.69 Å². The molecule has 4 aliphatic carbocycles. The van der Waals surface area contributed by atoms with Crippen molar-refractivity contribution >= 4 is 18.3 Å². The van der Waals surface area contributed by atoms with Crippen LogP contribution in [0.2, 0.25) is 0 Å². The van der Waals surface area contributed by atoms with Gasteiger partial charge in [0.25, 0.3) is 0 Å². The lowest BCUT2D eigenvalue weighted by Crippen LogP contribution is -2.47. The fraction of sp³-hybridized carbons (Fsp3) is 0.622. The first-order valence-corrected chi connectivity index (χ1v) is 17.3. The predicted molar refractivity (Wildman–Crippen MR) is 176 cm³/mol. The Balaban J connectivity index is 1.09. The molecular weight excluding hydrogens is 518 g/mol. The van der Waals surface area contributed by atoms with Gasteiger partial charge >= 0.3 is 0 Å². The van der Waals surface area contributed by atoms with Crippen molar-refractivity contribution in [3.63, 3.8) is 0 Å². The van der Waals surface area contributed by atoms with Gasteiger partial charge in [-0.15, -0.1) is 0 Å². The second-order valence-electron chi connectivity index (χ2n) is 14.4. The molecule has 0 radical (unpaired) electrons. The third kappa shape index (κ3) is 5.66. The molecule has 12 atom stereocenters. The summed E-state index contributed by atoms with van der Waals surface area (Å²) in [5, 5.41) is 8.55. The van der Waals surface area contributed by atoms with Gasteiger partial charge in [0.05, 0.1) is 6.17 Å². The summed E-state index contributed by atoms with van der Waals surface area (Å²) in [5.74, 6) is 3.98. The van der Waals surface area contributed by atoms with Gasteiger partial charge in [-0.25, -0.2) is 0 Å². The molecule has 2 heterocycles. The standard InChI is InChI=1S/C37H51N3S/c1-23-12-15-27(16-13-23)34-32(19-18-31(36(34)41)26-8-5-4-6-9-26)38-30-11-7-10-29(21-30)37-39-35(33-22-40(33)37)28-17-14-24(2)25(3)20-28/h4-5,7-8,10-12,15,20-21,23-25,27,31-39,41H,6,9,13-14,16-19,22H2,1-3H3/t23?,24?,25?,27?,31?,32?,33-,34?,35?,36?,37?,40?/m1/s1. The van der Waals surface area contributed by atoms with Crippen LogP contribution >= 0.6 is 12.6 Å². The van der Waals surface area contributed by atoms with Crippen molar-refractivity contribution in [1.82, 2.24) is 10.2 Å². The van der Waals surface area contributed by atoms with Gasteiger partial charge in [-0.3, -0.25) is 10.2 Å². The van der Waals surface area contributed by atoms with Crippen LogP contribution < -0.4 is 10.6 Å². The smallest absolute Gasteiger partial charge is 0.0870 e. The number of allylic oxidation sites excluding steroid dienone is 7. The molecule has 11 unspecified atom stereocenters. The zero-order valence-corrected chi connectivity index (χ0v) is 26.3. The Morgan fingerprint density at radius 2 is 1.88 bits per heavy atom. The van der Waals surface area contributed by atoms with Gasteiger partial charge in [0.15, 0.2) is 0 Å². The van der Waals surface area contributed by atoms with Gasteiger partial charge in [-0.2, -0.15) is 12.6 Å². The van der Waals surface area contributed by atoms with E-state index in [1.165, 1.54) is 69.2 Å². The van der Waals surface area contributed by atoms with E-state index in [9.17, 15) is 0 Å². The number of benzene rings is 1. The normalized spacial score (nSPS) is 43.7. The van der Waals surface area contributed by atoms with Crippen LogP contribution in [0.15, 0.2) is 71.9 Å². The van der Waals surface area contributed by atoms with E-state index in [0.717, 1.165) is 5.92 Å². The second kappa shape index (κ2) is 11.7. The van der Waals surface area contributed by atoms with E-state index in [1.54, 1.807) is 11.1 Å². The first kappa shape index (κ1) is 28.0. The largest absolute Gasteiger partial charge is 0.382 e. The number of rotatable bonds is 6. The van der Waals surface area contributed by atoms with Crippen molar-refractivity contribution in [3.05, 3.63) is 77.4 Å². The average molecular weight is 570 g/mol. The number of hydrogen-bond donors (Lipinski definition) is 3. The van der Waals surface area contributed by atoms with Crippen molar-refractivity contribution in [2.45, 2.75) is 102 Å². The van der Waals surface area contributed by atoms with Gasteiger partial charge in [0, 0.05) is 35.6 Å². The molecule has 220 valence electrons. The monoisotopic (exact) mass is 569 g/mol. The van der Waals surface area contributed by atoms with E-state index < -0.39 is 0 Å². The molecule has 7 rings (SSSR count). The molecule has 1 saturated carbocycles. The number of anilines is 1. The Morgan fingerprint density at radius 3 is 2.66 bits per heavy atom. The molecule has 2 saturated heterocycles. The summed E-state index contributed by atoms with van der Waals surface area (Å²) in [4.78, 5) is 2.67. The second-order valence-corrected chi connectivity index (χ2v) is 15.0. The van der Waals surface area contributed by atoms with Crippen molar-refractivity contribution in [2.24, 2.45) is 35.5 Å². The molecule has 0 spiro atoms. The number of hydrogen-bond acceptors (Lipinski definition) is 4. The minimum absolute atomic E-state index is 0.334. The summed E-state index contributed by atoms with van der Waals surface area (Å²) in [6, 6.07) is 11.0. The molecule has 6 aliphatic rings. The number of thiol groups is 1. The summed E-state index contributed by atoms with van der Waals surface area (Å²) in [6.45, 7) is 8.40. The molecule has 41 heavy (non-hydrogen) atoms. The SMILES string of the molecule is CC1C=CC(C2C(Nc3cccc(C4NC(C5=CC(C)C(C)CC5)[C@H]5CN45)c3)CCC(C3=CC=CCC3)C2S)CC1. The van der Waals surface area contributed by atoms with Gasteiger partial charge < -0.3 is 5.32 Å². The fourth-order valence-electron chi connectivity index (χ4n) is 8.88. The van der Waals surface area contributed by atoms with E-state index in [1.807, 2.05) is 0 Å². The van der Waals surface area contributed by atoms with E-state index in [0.29, 0.717) is 59.1 Å². The highest BCUT2D eigenvalue weighted by Gasteiger charge is 2.53. The molecule has 4 heteroatoms. The van der Waals surface area contributed by atoms with Gasteiger partial charge in [0.1, 0.15) is 0 Å². The van der Waals surface area contributed by atoms with Gasteiger partial charge in [0.2, 0.25) is 0 Å². The zero-order chi connectivity index (χ0) is 28.1. The highest BCUT2D eigenvalue weighted by atomic mass is 32.1. The van der Waals surface area contributed by atoms with Crippen molar-refractivity contribution in [1.29, 1.82) is 0 Å². The molecule has 1 aromatic rings. The number of fused-ring (bicyclic) bond motifs is 1. The summed E-state index contributed by atoms with van der Waals surface area (Å²) < 4.78 is 0. The van der Waals surface area contributed by atoms with Crippen LogP contribution in [-0.4, -0.2) is 34.8 Å². The highest BCUT2D eigenvalue weighted by Crippen LogP contribution is 2.47. The molecule has 0 bridgehead atoms. The minimum Gasteiger partial charge on any atom is -0.382 e. The van der Waals surface area contributed by atoms with E-state index in [4.69, 9.17) is 12.6 Å². The van der Waals surface area contributed by atoms with Crippen LogP contribution in [0.1, 0.15) is 83.9 Å². The quantitative estimate of drug-likeness (QED) is 0.183. The van der Waals surface area contributed by atoms with Gasteiger partial charge in [-0.1, -0.05) is 80.5 Å². The molecule has 2 aliphatic heterocycles. The summed E-state index contributed by atoms with van der Waals surface area (Å²) in [5.41, 5.74) is 6.00. The lowest BCUT2D eigenvalue weighted by molar-refractivity contribution is 0.211. The number of nitrogens with one attached hydrogen (secondary N) is 2. The molecule has 1 aromatic carbocycles. The molecular formula is C37H51N3S. The first-order valence-electron chi connectivity index (χ1n) is 16.8. The van der Waals surface area contributed by atoms with Crippen LogP contribution in [0.5, 0.6) is 0 Å². The van der Waals surface area contributed by atoms with Gasteiger partial charge in [-0.05, 0) is 105 Å². The molecule has 0 amide bonds. The minimum atomic E-state index is 0.334. The molecule has 0 aromatic heterocycles. The predicted octanol–water partition coefficient (Wildman–Crippen LogP) is 8.32. The van der Waals surface area contributed by atoms with Crippen LogP contribution in [-0.2, 0) is 0 Å². The Bertz CT molecular complexity index is 1230. The number of nitrogens with zero attached hydrogens (tertiary/aromatic N) is 1. The third-order valence-corrected chi connectivity index (χ3v) is 12.4. The Hall–Kier alpha value is -1.75. The Morgan fingerprint density at radius 1 is 0.976 bits per heavy atom. The average Bonchev–Trinajstić information content (AvgIpc) is 3.68. The highest BCUT2D eigenvalue weighted by molar-refractivity contribution is 7.81. The Labute approximate surface area is 254 Å². The third-order valence-electron chi connectivity index (χ3n) is 11.7. The van der Waals surface area contributed by atoms with E-state index in [-0.39, 0.29) is 0 Å². The maximum absolute atomic E-state index is 5.44. The first-order chi connectivity index (χ1) is 20.0. The maximum Gasteiger partial charge on any atom is 0.0870 e. The summed E-state index contributed by atoms with van der Waals surface area (Å²) in [7, 11) is 0. The van der Waals surface area contributed by atoms with Crippen LogP contribution in [0.25, 0.3) is 0 Å². The zero-order valence-electron chi connectivity index (χ0n) is 25.4. The summed E-state index contributed by atoms with van der Waals surface area (Å²) >= 11 is 5.44. The van der Waals surface area contributed by atoms with Crippen molar-refractivity contribution in [3.8, 4) is 0 Å². The maximum atomic E-state index is 5.44. The van der Waals surface area contributed by atoms with Crippen molar-refractivity contribution < 1.29 is 0 Å². The molecule has 2 N–H and O–H groups in total. The Kier molecular flexibility index (Phi) is 8.03. The van der Waals surface area contributed by atoms with E-state index >= 15 is 0 Å².